The first-order valence-electron chi connectivity index (χ1n) is 5.58. The van der Waals surface area contributed by atoms with E-state index in [-0.39, 0.29) is 18.9 Å². The Morgan fingerprint density at radius 3 is 1.71 bits per heavy atom. The number of hydrogen-bond donors (Lipinski definition) is 0. The molecule has 2 heteroatoms. The molecule has 0 aliphatic carbocycles. The summed E-state index contributed by atoms with van der Waals surface area (Å²) in [6.07, 6.45) is 6.11. The molecule has 0 aliphatic rings. The van der Waals surface area contributed by atoms with Crippen molar-refractivity contribution in [3.8, 4) is 0 Å². The summed E-state index contributed by atoms with van der Waals surface area (Å²) in [6.45, 7) is 11.7. The third-order valence-electron chi connectivity index (χ3n) is 2.94. The Kier molecular flexibility index (Phi) is 7.99. The molecule has 0 saturated carbocycles. The first-order valence-corrected chi connectivity index (χ1v) is 8.20. The normalized spacial score (nSPS) is 10.1. The van der Waals surface area contributed by atoms with Crippen molar-refractivity contribution in [2.24, 2.45) is 0 Å². The summed E-state index contributed by atoms with van der Waals surface area (Å²) in [5.41, 5.74) is 0. The fourth-order valence-corrected chi connectivity index (χ4v) is 5.91. The molecule has 0 bridgehead atoms. The molecular formula is C15H19LiSi. The molecule has 1 aromatic carbocycles. The van der Waals surface area contributed by atoms with Crippen LogP contribution in [0.1, 0.15) is 0 Å². The minimum atomic E-state index is -1.55. The molecule has 0 unspecified atom stereocenters. The van der Waals surface area contributed by atoms with Crippen LogP contribution in [-0.4, -0.2) is 8.07 Å². The van der Waals surface area contributed by atoms with Crippen LogP contribution in [0.2, 0.25) is 18.1 Å². The average molecular weight is 234 g/mol. The van der Waals surface area contributed by atoms with Crippen LogP contribution in [0.5, 0.6) is 0 Å². The van der Waals surface area contributed by atoms with Gasteiger partial charge in [0.05, 0.1) is 8.07 Å². The molecule has 1 rings (SSSR count). The second-order valence-electron chi connectivity index (χ2n) is 4.05. The van der Waals surface area contributed by atoms with E-state index in [1.165, 1.54) is 5.19 Å². The molecule has 0 heterocycles. The van der Waals surface area contributed by atoms with Crippen LogP contribution in [0.3, 0.4) is 0 Å². The molecule has 0 saturated heterocycles. The maximum Gasteiger partial charge on any atom is 1.00 e. The van der Waals surface area contributed by atoms with E-state index >= 15 is 0 Å². The van der Waals surface area contributed by atoms with Gasteiger partial charge in [0.1, 0.15) is 0 Å². The molecule has 0 aliphatic heterocycles. The van der Waals surface area contributed by atoms with E-state index in [9.17, 15) is 0 Å². The van der Waals surface area contributed by atoms with Crippen LogP contribution in [0.15, 0.2) is 62.2 Å². The van der Waals surface area contributed by atoms with Gasteiger partial charge >= 0.3 is 18.9 Å². The van der Waals surface area contributed by atoms with Crippen molar-refractivity contribution in [3.63, 3.8) is 0 Å². The first kappa shape index (κ1) is 16.3. The van der Waals surface area contributed by atoms with E-state index in [0.717, 1.165) is 18.1 Å². The zero-order valence-electron chi connectivity index (χ0n) is 10.8. The monoisotopic (exact) mass is 234 g/mol. The largest absolute Gasteiger partial charge is 1.00 e. The molecule has 0 nitrogen and oxygen atoms in total. The van der Waals surface area contributed by atoms with Gasteiger partial charge in [0.15, 0.2) is 0 Å². The Bertz CT molecular complexity index is 330. The van der Waals surface area contributed by atoms with E-state index < -0.39 is 8.07 Å². The van der Waals surface area contributed by atoms with Crippen molar-refractivity contribution in [2.75, 3.05) is 0 Å². The Hall–Kier alpha value is -0.746. The smallest absolute Gasteiger partial charge is 0.184 e. The van der Waals surface area contributed by atoms with Gasteiger partial charge in [-0.05, 0) is 18.1 Å². The molecule has 0 spiro atoms. The fraction of sp³-hybridized carbons (Fsp3) is 0.200. The molecule has 0 radical (unpaired) electrons. The van der Waals surface area contributed by atoms with Gasteiger partial charge in [0.2, 0.25) is 0 Å². The second kappa shape index (κ2) is 8.36. The summed E-state index contributed by atoms with van der Waals surface area (Å²) in [4.78, 5) is 0. The quantitative estimate of drug-likeness (QED) is 0.370. The SMILES string of the molecule is C=CC[Si](CC=C)(CC=C)c1cc[c-]cc1.[Li+]. The van der Waals surface area contributed by atoms with E-state index in [0.29, 0.717) is 0 Å². The number of benzene rings is 1. The van der Waals surface area contributed by atoms with Gasteiger partial charge in [-0.2, -0.15) is 35.5 Å². The van der Waals surface area contributed by atoms with Crippen LogP contribution < -0.4 is 24.0 Å². The maximum atomic E-state index is 3.89. The van der Waals surface area contributed by atoms with Crippen molar-refractivity contribution in [3.05, 3.63) is 68.3 Å². The molecule has 1 aromatic rings. The Labute approximate surface area is 118 Å². The maximum absolute atomic E-state index is 3.89. The molecule has 17 heavy (non-hydrogen) atoms. The molecular weight excluding hydrogens is 215 g/mol. The van der Waals surface area contributed by atoms with Crippen molar-refractivity contribution in [1.82, 2.24) is 0 Å². The van der Waals surface area contributed by atoms with E-state index in [4.69, 9.17) is 0 Å². The minimum absolute atomic E-state index is 0. The number of allylic oxidation sites excluding steroid dienone is 3. The summed E-state index contributed by atoms with van der Waals surface area (Å²) in [7, 11) is -1.55. The molecule has 0 amide bonds. The molecule has 0 fully saturated rings. The molecule has 84 valence electrons. The predicted octanol–water partition coefficient (Wildman–Crippen LogP) is 0.705. The van der Waals surface area contributed by atoms with Crippen molar-refractivity contribution >= 4 is 13.3 Å². The van der Waals surface area contributed by atoms with Gasteiger partial charge in [-0.1, -0.05) is 18.2 Å². The summed E-state index contributed by atoms with van der Waals surface area (Å²) in [6, 6.07) is 14.7. The predicted molar refractivity (Wildman–Crippen MR) is 75.7 cm³/mol. The van der Waals surface area contributed by atoms with Crippen molar-refractivity contribution in [1.29, 1.82) is 0 Å². The van der Waals surface area contributed by atoms with Gasteiger partial charge in [-0.3, -0.25) is 0 Å². The van der Waals surface area contributed by atoms with Gasteiger partial charge in [-0.25, -0.2) is 0 Å². The minimum Gasteiger partial charge on any atom is -0.184 e. The molecule has 0 aromatic heterocycles. The van der Waals surface area contributed by atoms with Gasteiger partial charge in [0.25, 0.3) is 0 Å². The number of hydrogen-bond acceptors (Lipinski definition) is 0. The van der Waals surface area contributed by atoms with Crippen LogP contribution in [0.4, 0.5) is 0 Å². The topological polar surface area (TPSA) is 0 Å². The van der Waals surface area contributed by atoms with Gasteiger partial charge in [-0.15, -0.1) is 19.7 Å². The average Bonchev–Trinajstić information content (AvgIpc) is 2.31. The zero-order chi connectivity index (χ0) is 11.9. The Morgan fingerprint density at radius 1 is 0.941 bits per heavy atom. The van der Waals surface area contributed by atoms with Gasteiger partial charge in [0, 0.05) is 0 Å². The number of rotatable bonds is 7. The Balaban J connectivity index is 0.00000256. The van der Waals surface area contributed by atoms with Crippen LogP contribution in [0.25, 0.3) is 0 Å². The molecule has 0 N–H and O–H groups in total. The fourth-order valence-electron chi connectivity index (χ4n) is 2.17. The standard InChI is InChI=1S/C15H19Si.Li/c1-4-12-16(13-5-2,14-6-3)15-10-8-7-9-11-15;/h4-6,8-11H,1-3,12-14H2;/q-1;+1. The molecule has 0 atom stereocenters. The summed E-state index contributed by atoms with van der Waals surface area (Å²) < 4.78 is 0. The van der Waals surface area contributed by atoms with E-state index in [1.807, 2.05) is 30.4 Å². The van der Waals surface area contributed by atoms with Gasteiger partial charge < -0.3 is 0 Å². The van der Waals surface area contributed by atoms with E-state index in [2.05, 4.69) is 37.9 Å². The summed E-state index contributed by atoms with van der Waals surface area (Å²) in [5.74, 6) is 0. The third kappa shape index (κ3) is 4.20. The van der Waals surface area contributed by atoms with Crippen molar-refractivity contribution < 1.29 is 18.9 Å². The van der Waals surface area contributed by atoms with Crippen LogP contribution in [0, 0.1) is 6.07 Å². The zero-order valence-corrected chi connectivity index (χ0v) is 11.8. The van der Waals surface area contributed by atoms with Crippen LogP contribution in [-0.2, 0) is 0 Å². The summed E-state index contributed by atoms with van der Waals surface area (Å²) >= 11 is 0. The summed E-state index contributed by atoms with van der Waals surface area (Å²) in [5, 5.41) is 1.45. The second-order valence-corrected chi connectivity index (χ2v) is 8.41. The van der Waals surface area contributed by atoms with E-state index in [1.54, 1.807) is 0 Å². The Morgan fingerprint density at radius 2 is 1.35 bits per heavy atom. The van der Waals surface area contributed by atoms with Crippen molar-refractivity contribution in [2.45, 2.75) is 18.1 Å². The first-order chi connectivity index (χ1) is 7.79. The third-order valence-corrected chi connectivity index (χ3v) is 7.70. The van der Waals surface area contributed by atoms with Crippen LogP contribution >= 0.6 is 0 Å².